The van der Waals surface area contributed by atoms with Gasteiger partial charge in [-0.2, -0.15) is 10.4 Å². The van der Waals surface area contributed by atoms with Crippen LogP contribution in [-0.2, 0) is 9.59 Å². The first-order valence-electron chi connectivity index (χ1n) is 21.0. The summed E-state index contributed by atoms with van der Waals surface area (Å²) in [5, 5.41) is 20.8. The molecule has 0 bridgehead atoms. The van der Waals surface area contributed by atoms with E-state index in [0.717, 1.165) is 68.9 Å². The molecule has 4 fully saturated rings. The second-order valence-electron chi connectivity index (χ2n) is 18.2. The van der Waals surface area contributed by atoms with Crippen LogP contribution in [0.1, 0.15) is 82.3 Å². The highest BCUT2D eigenvalue weighted by Gasteiger charge is 2.64. The van der Waals surface area contributed by atoms with Crippen LogP contribution in [0.25, 0.3) is 10.8 Å². The molecule has 0 unspecified atom stereocenters. The molecule has 3 saturated heterocycles. The number of rotatable bonds is 9. The molecule has 4 aromatic rings. The number of nitriles is 1. The fourth-order valence-electron chi connectivity index (χ4n) is 10.4. The molecule has 1 aromatic heterocycles. The van der Waals surface area contributed by atoms with E-state index in [1.807, 2.05) is 30.3 Å². The van der Waals surface area contributed by atoms with Gasteiger partial charge in [0, 0.05) is 97.0 Å². The molecule has 60 heavy (non-hydrogen) atoms. The van der Waals surface area contributed by atoms with Crippen LogP contribution in [0, 0.1) is 28.1 Å². The molecule has 0 spiro atoms. The molecule has 0 radical (unpaired) electrons. The molecular formula is C46H53ClN8O5. The van der Waals surface area contributed by atoms with Crippen molar-refractivity contribution in [1.29, 1.82) is 5.26 Å². The van der Waals surface area contributed by atoms with Gasteiger partial charge in [0.25, 0.3) is 17.4 Å². The van der Waals surface area contributed by atoms with Gasteiger partial charge in [0.15, 0.2) is 0 Å². The van der Waals surface area contributed by atoms with E-state index in [2.05, 4.69) is 83.3 Å². The highest BCUT2D eigenvalue weighted by atomic mass is 35.5. The average Bonchev–Trinajstić information content (AvgIpc) is 3.22. The van der Waals surface area contributed by atoms with E-state index in [0.29, 0.717) is 33.2 Å². The number of carbonyl (C=O) groups is 3. The van der Waals surface area contributed by atoms with Crippen molar-refractivity contribution >= 4 is 51.5 Å². The number of carbonyl (C=O) groups excluding carboxylic acids is 3. The monoisotopic (exact) mass is 832 g/mol. The van der Waals surface area contributed by atoms with Gasteiger partial charge < -0.3 is 19.9 Å². The third-order valence-corrected chi connectivity index (χ3v) is 13.7. The lowest BCUT2D eigenvalue weighted by Crippen LogP contribution is -2.74. The lowest BCUT2D eigenvalue weighted by Gasteiger charge is -2.63. The van der Waals surface area contributed by atoms with Crippen LogP contribution in [0.5, 0.6) is 5.75 Å². The maximum absolute atomic E-state index is 13.5. The van der Waals surface area contributed by atoms with Crippen molar-refractivity contribution in [2.24, 2.45) is 16.7 Å². The van der Waals surface area contributed by atoms with Crippen LogP contribution in [0.3, 0.4) is 0 Å². The number of hydrogen-bond acceptors (Lipinski definition) is 10. The van der Waals surface area contributed by atoms with Gasteiger partial charge in [-0.15, -0.1) is 0 Å². The van der Waals surface area contributed by atoms with Crippen LogP contribution in [-0.4, -0.2) is 89.9 Å². The summed E-state index contributed by atoms with van der Waals surface area (Å²) in [6.07, 6.45) is 4.12. The molecule has 3 aliphatic heterocycles. The second-order valence-corrected chi connectivity index (χ2v) is 18.6. The van der Waals surface area contributed by atoms with E-state index < -0.39 is 11.9 Å². The van der Waals surface area contributed by atoms with Crippen LogP contribution in [0.15, 0.2) is 71.7 Å². The fourth-order valence-corrected chi connectivity index (χ4v) is 10.6. The molecule has 2 N–H and O–H groups in total. The molecule has 13 nitrogen and oxygen atoms in total. The number of aromatic nitrogens is 2. The molecule has 3 amide bonds. The number of piperazine rings is 1. The minimum atomic E-state index is -0.786. The Morgan fingerprint density at radius 3 is 2.33 bits per heavy atom. The van der Waals surface area contributed by atoms with E-state index >= 15 is 0 Å². The summed E-state index contributed by atoms with van der Waals surface area (Å²) < 4.78 is 7.60. The number of amides is 3. The molecule has 4 heterocycles. The zero-order valence-corrected chi connectivity index (χ0v) is 35.7. The lowest BCUT2D eigenvalue weighted by molar-refractivity contribution is -0.164. The van der Waals surface area contributed by atoms with Gasteiger partial charge in [-0.1, -0.05) is 39.3 Å². The number of fused-ring (bicyclic) bond motifs is 1. The first-order chi connectivity index (χ1) is 28.6. The van der Waals surface area contributed by atoms with Crippen molar-refractivity contribution in [3.63, 3.8) is 0 Å². The molecule has 8 rings (SSSR count). The van der Waals surface area contributed by atoms with Crippen LogP contribution in [0.2, 0.25) is 5.02 Å². The summed E-state index contributed by atoms with van der Waals surface area (Å²) in [6, 6.07) is 20.4. The van der Waals surface area contributed by atoms with Crippen LogP contribution >= 0.6 is 11.6 Å². The molecule has 1 saturated carbocycles. The quantitative estimate of drug-likeness (QED) is 0.194. The Hall–Kier alpha value is -5.45. The smallest absolute Gasteiger partial charge is 0.275 e. The first-order valence-corrected chi connectivity index (χ1v) is 21.4. The first kappa shape index (κ1) is 41.3. The molecule has 14 heteroatoms. The number of ether oxygens (including phenoxy) is 1. The number of halogens is 1. The molecular weight excluding hydrogens is 780 g/mol. The van der Waals surface area contributed by atoms with Gasteiger partial charge in [0.1, 0.15) is 24.0 Å². The highest BCUT2D eigenvalue weighted by molar-refractivity contribution is 6.31. The zero-order chi connectivity index (χ0) is 42.5. The van der Waals surface area contributed by atoms with Gasteiger partial charge in [0.05, 0.1) is 22.2 Å². The number of benzene rings is 3. The number of piperidine rings is 2. The van der Waals surface area contributed by atoms with E-state index in [1.165, 1.54) is 4.68 Å². The summed E-state index contributed by atoms with van der Waals surface area (Å²) in [5.41, 5.74) is 2.20. The lowest BCUT2D eigenvalue weighted by atomic mass is 9.49. The van der Waals surface area contributed by atoms with Gasteiger partial charge in [0.2, 0.25) is 5.91 Å². The molecule has 314 valence electrons. The summed E-state index contributed by atoms with van der Waals surface area (Å²) in [4.78, 5) is 58.2. The third kappa shape index (κ3) is 7.83. The summed E-state index contributed by atoms with van der Waals surface area (Å²) in [7, 11) is 0. The van der Waals surface area contributed by atoms with Crippen molar-refractivity contribution in [2.75, 3.05) is 49.1 Å². The average molecular weight is 833 g/mol. The van der Waals surface area contributed by atoms with E-state index in [-0.39, 0.29) is 59.2 Å². The minimum Gasteiger partial charge on any atom is -0.489 e. The number of hydrogen-bond donors (Lipinski definition) is 2. The van der Waals surface area contributed by atoms with E-state index in [9.17, 15) is 24.4 Å². The highest BCUT2D eigenvalue weighted by Crippen LogP contribution is 2.55. The van der Waals surface area contributed by atoms with Gasteiger partial charge in [-0.25, -0.2) is 4.68 Å². The van der Waals surface area contributed by atoms with Crippen molar-refractivity contribution < 1.29 is 19.1 Å². The Kier molecular flexibility index (Phi) is 11.1. The van der Waals surface area contributed by atoms with Gasteiger partial charge >= 0.3 is 0 Å². The van der Waals surface area contributed by atoms with Crippen molar-refractivity contribution in [3.05, 3.63) is 93.4 Å². The van der Waals surface area contributed by atoms with E-state index in [4.69, 9.17) is 16.3 Å². The van der Waals surface area contributed by atoms with Gasteiger partial charge in [-0.05, 0) is 86.7 Å². The van der Waals surface area contributed by atoms with Crippen LogP contribution < -0.4 is 30.7 Å². The summed E-state index contributed by atoms with van der Waals surface area (Å²) >= 11 is 6.26. The maximum atomic E-state index is 13.5. The van der Waals surface area contributed by atoms with Crippen molar-refractivity contribution in [3.8, 4) is 11.8 Å². The molecule has 3 aromatic carbocycles. The summed E-state index contributed by atoms with van der Waals surface area (Å²) in [5.74, 6) is 0.297. The van der Waals surface area contributed by atoms with Crippen molar-refractivity contribution in [2.45, 2.75) is 84.5 Å². The van der Waals surface area contributed by atoms with Gasteiger partial charge in [-0.3, -0.25) is 29.4 Å². The number of nitrogens with one attached hydrogen (secondary N) is 2. The fraction of sp³-hybridized carbons (Fsp3) is 0.478. The predicted octanol–water partition coefficient (Wildman–Crippen LogP) is 5.94. The standard InChI is InChI=1S/C46H53ClN8O5/c1-28-26-52(20-21-54(28)34-11-13-36-32(22-34)25-49-55(42(36)59)38-14-15-39(56)50-41(38)58)27-29-16-18-53(19-17-29)33-9-6-30(7-10-33)40(57)51-43-45(2,3)44(46(43,4)5)60-35-12-8-31(24-48)37(47)23-35/h6-13,22-23,25,28-29,38,43-44H,14-21,26-27H2,1-5H3,(H,51,57)(H,50,56,58)/t28-,38+,43?,44?/m1/s1. The zero-order valence-electron chi connectivity index (χ0n) is 34.9. The SMILES string of the molecule is C[C@@H]1CN(CC2CCN(c3ccc(C(=O)NC4C(C)(C)C(Oc5ccc(C#N)c(Cl)c5)C4(C)C)cc3)CC2)CCN1c1ccc2c(=O)n([C@H]3CCC(=O)NC3=O)ncc2c1. The Bertz CT molecular complexity index is 2400. The molecule has 1 aliphatic carbocycles. The number of anilines is 2. The summed E-state index contributed by atoms with van der Waals surface area (Å²) in [6.45, 7) is 16.5. The van der Waals surface area contributed by atoms with Crippen LogP contribution in [0.4, 0.5) is 11.4 Å². The predicted molar refractivity (Wildman–Crippen MR) is 231 cm³/mol. The third-order valence-electron chi connectivity index (χ3n) is 13.4. The molecule has 2 atom stereocenters. The van der Waals surface area contributed by atoms with Crippen molar-refractivity contribution in [1.82, 2.24) is 25.3 Å². The number of nitrogens with zero attached hydrogens (tertiary/aromatic N) is 6. The topological polar surface area (TPSA) is 153 Å². The Balaban J connectivity index is 0.806. The minimum absolute atomic E-state index is 0.102. The molecule has 4 aliphatic rings. The Morgan fingerprint density at radius 2 is 1.67 bits per heavy atom. The van der Waals surface area contributed by atoms with E-state index in [1.54, 1.807) is 24.4 Å². The Labute approximate surface area is 355 Å². The largest absolute Gasteiger partial charge is 0.489 e. The second kappa shape index (κ2) is 16.2. The number of imide groups is 1. The Morgan fingerprint density at radius 1 is 0.950 bits per heavy atom. The normalized spacial score (nSPS) is 24.4. The maximum Gasteiger partial charge on any atom is 0.275 e.